The first kappa shape index (κ1) is 34.7. The summed E-state index contributed by atoms with van der Waals surface area (Å²) < 4.78 is 28.9. The number of carbonyl (C=O) groups is 3. The summed E-state index contributed by atoms with van der Waals surface area (Å²) in [5, 5.41) is 14.4. The Morgan fingerprint density at radius 3 is 2.67 bits per heavy atom. The monoisotopic (exact) mass is 648 g/mol. The molecule has 4 bridgehead atoms. The number of carbonyl (C=O) groups excluding carboxylic acids is 3. The number of nitrogens with one attached hydrogen (secondary N) is 1. The van der Waals surface area contributed by atoms with Gasteiger partial charge in [0.05, 0.1) is 25.3 Å². The van der Waals surface area contributed by atoms with Crippen LogP contribution in [0.25, 0.3) is 0 Å². The number of epoxide rings is 1. The van der Waals surface area contributed by atoms with Crippen molar-refractivity contribution in [1.82, 2.24) is 5.32 Å². The van der Waals surface area contributed by atoms with Crippen LogP contribution in [0.3, 0.4) is 0 Å². The molecule has 3 aliphatic rings. The summed E-state index contributed by atoms with van der Waals surface area (Å²) in [6, 6.07) is 3.65. The highest BCUT2D eigenvalue weighted by atomic mass is 35.5. The molecule has 0 saturated carbocycles. The third-order valence-electron chi connectivity index (χ3n) is 8.96. The molecule has 4 rings (SSSR count). The number of allylic oxidation sites excluding steroid dienone is 3. The Balaban J connectivity index is 1.78. The maximum Gasteiger partial charge on any atom is 0.409 e. The van der Waals surface area contributed by atoms with E-state index in [0.29, 0.717) is 24.3 Å². The molecule has 12 heteroatoms. The maximum absolute atomic E-state index is 13.8. The van der Waals surface area contributed by atoms with Gasteiger partial charge in [0.15, 0.2) is 5.72 Å². The summed E-state index contributed by atoms with van der Waals surface area (Å²) in [6.45, 7) is 7.54. The number of amides is 2. The lowest BCUT2D eigenvalue weighted by molar-refractivity contribution is -0.154. The molecule has 3 heterocycles. The fraction of sp³-hybridized carbons (Fsp3) is 0.606. The van der Waals surface area contributed by atoms with Crippen LogP contribution in [0.5, 0.6) is 5.75 Å². The van der Waals surface area contributed by atoms with Gasteiger partial charge in [-0.1, -0.05) is 55.7 Å². The zero-order valence-corrected chi connectivity index (χ0v) is 27.8. The first-order valence-electron chi connectivity index (χ1n) is 15.3. The molecule has 1 unspecified atom stereocenters. The van der Waals surface area contributed by atoms with E-state index < -0.39 is 53.7 Å². The van der Waals surface area contributed by atoms with Crippen molar-refractivity contribution in [2.24, 2.45) is 5.92 Å². The second-order valence-electron chi connectivity index (χ2n) is 12.4. The molecule has 0 aliphatic carbocycles. The molecule has 2 amide bonds. The number of aliphatic hydroxyl groups is 1. The van der Waals surface area contributed by atoms with Crippen LogP contribution in [0.4, 0.5) is 10.5 Å². The van der Waals surface area contributed by atoms with Crippen molar-refractivity contribution in [3.63, 3.8) is 0 Å². The van der Waals surface area contributed by atoms with E-state index in [2.05, 4.69) is 5.32 Å². The number of esters is 1. The molecule has 45 heavy (non-hydrogen) atoms. The fourth-order valence-electron chi connectivity index (χ4n) is 6.14. The number of hydrogen-bond donors (Lipinski definition) is 2. The van der Waals surface area contributed by atoms with Gasteiger partial charge in [0.2, 0.25) is 5.91 Å². The van der Waals surface area contributed by atoms with Crippen LogP contribution in [0, 0.1) is 5.92 Å². The lowest BCUT2D eigenvalue weighted by Gasteiger charge is -2.42. The fourth-order valence-corrected chi connectivity index (χ4v) is 6.46. The van der Waals surface area contributed by atoms with E-state index in [0.717, 1.165) is 17.6 Å². The van der Waals surface area contributed by atoms with Gasteiger partial charge in [-0.3, -0.25) is 14.9 Å². The molecule has 0 aromatic heterocycles. The smallest absolute Gasteiger partial charge is 0.409 e. The van der Waals surface area contributed by atoms with Crippen molar-refractivity contribution in [2.45, 2.75) is 102 Å². The lowest BCUT2D eigenvalue weighted by atomic mass is 9.83. The number of alkyl carbamates (subject to hydrolysis) is 1. The number of fused-ring (bicyclic) bond motifs is 5. The minimum absolute atomic E-state index is 0.00808. The van der Waals surface area contributed by atoms with Gasteiger partial charge >= 0.3 is 12.1 Å². The van der Waals surface area contributed by atoms with Gasteiger partial charge in [0.1, 0.15) is 34.7 Å². The van der Waals surface area contributed by atoms with Crippen LogP contribution in [-0.4, -0.2) is 80.1 Å². The molecule has 0 radical (unpaired) electrons. The van der Waals surface area contributed by atoms with Gasteiger partial charge in [-0.25, -0.2) is 4.79 Å². The number of benzene rings is 1. The Hall–Kier alpha value is -3.12. The van der Waals surface area contributed by atoms with Crippen molar-refractivity contribution in [3.8, 4) is 5.75 Å². The zero-order chi connectivity index (χ0) is 33.1. The number of anilines is 1. The van der Waals surface area contributed by atoms with Gasteiger partial charge in [-0.05, 0) is 44.4 Å². The van der Waals surface area contributed by atoms with Crippen LogP contribution in [-0.2, 0) is 35.0 Å². The number of methoxy groups -OCH3 is 2. The quantitative estimate of drug-likeness (QED) is 0.327. The minimum Gasteiger partial charge on any atom is -0.495 e. The summed E-state index contributed by atoms with van der Waals surface area (Å²) in [6.07, 6.45) is 3.38. The SMILES string of the molecule is CCCCC(=O)O[C@H]1CC(=O)N(C)c2cc(cc(OC)c2Cl)C/C(C)=C/C=C/[C@@H](OC)[C@@]2(O)C[C@H](OC(=O)N2)[C@@H](C)[C@@H]2OC12C. The van der Waals surface area contributed by atoms with Gasteiger partial charge in [0.25, 0.3) is 0 Å². The normalized spacial score (nSPS) is 34.0. The Labute approximate surface area is 269 Å². The highest BCUT2D eigenvalue weighted by Gasteiger charge is 2.64. The number of rotatable bonds is 6. The largest absolute Gasteiger partial charge is 0.495 e. The van der Waals surface area contributed by atoms with E-state index in [1.807, 2.05) is 39.0 Å². The molecule has 248 valence electrons. The standard InChI is InChI=1S/C33H45ClN2O9/c1-8-9-13-28(38)44-26-17-27(37)36(5)22-15-21(16-23(41-6)29(22)34)14-19(2)11-10-12-25(42-7)33(40)18-24(43-31(39)35-33)20(3)30-32(26,4)45-30/h10-12,15-16,20,24-26,30,40H,8-9,13-14,17-18H2,1-7H3,(H,35,39)/b12-10+,19-11+/t20-,24+,25-,26+,30+,32?,33+/m1/s1. The lowest BCUT2D eigenvalue weighted by Crippen LogP contribution is -2.63. The Kier molecular flexibility index (Phi) is 10.9. The average molecular weight is 649 g/mol. The highest BCUT2D eigenvalue weighted by molar-refractivity contribution is 6.35. The van der Waals surface area contributed by atoms with Crippen molar-refractivity contribution in [2.75, 3.05) is 26.2 Å². The molecule has 3 aliphatic heterocycles. The predicted molar refractivity (Wildman–Crippen MR) is 168 cm³/mol. The van der Waals surface area contributed by atoms with E-state index >= 15 is 0 Å². The molecule has 7 atom stereocenters. The number of ether oxygens (including phenoxy) is 5. The summed E-state index contributed by atoms with van der Waals surface area (Å²) in [4.78, 5) is 40.8. The van der Waals surface area contributed by atoms with Gasteiger partial charge in [0, 0.05) is 32.9 Å². The molecular formula is C33H45ClN2O9. The first-order chi connectivity index (χ1) is 21.3. The van der Waals surface area contributed by atoms with Crippen LogP contribution in [0.2, 0.25) is 5.02 Å². The van der Waals surface area contributed by atoms with Crippen molar-refractivity contribution >= 4 is 35.3 Å². The molecule has 1 aromatic carbocycles. The molecule has 0 spiro atoms. The minimum atomic E-state index is -1.77. The summed E-state index contributed by atoms with van der Waals surface area (Å²) in [7, 11) is 4.58. The maximum atomic E-state index is 13.8. The van der Waals surface area contributed by atoms with E-state index in [-0.39, 0.29) is 30.2 Å². The van der Waals surface area contributed by atoms with Gasteiger partial charge < -0.3 is 33.7 Å². The Morgan fingerprint density at radius 2 is 2.00 bits per heavy atom. The summed E-state index contributed by atoms with van der Waals surface area (Å²) >= 11 is 6.70. The third-order valence-corrected chi connectivity index (χ3v) is 9.34. The van der Waals surface area contributed by atoms with Crippen molar-refractivity contribution < 1.29 is 43.2 Å². The van der Waals surface area contributed by atoms with Crippen molar-refractivity contribution in [1.29, 1.82) is 0 Å². The second kappa shape index (κ2) is 14.1. The van der Waals surface area contributed by atoms with E-state index in [1.165, 1.54) is 19.1 Å². The predicted octanol–water partition coefficient (Wildman–Crippen LogP) is 4.86. The second-order valence-corrected chi connectivity index (χ2v) is 12.8. The van der Waals surface area contributed by atoms with Crippen molar-refractivity contribution in [3.05, 3.63) is 46.5 Å². The molecule has 2 N–H and O–H groups in total. The number of hydrogen-bond acceptors (Lipinski definition) is 9. The number of halogens is 1. The van der Waals surface area contributed by atoms with Crippen LogP contribution in [0.1, 0.15) is 65.4 Å². The number of unbranched alkanes of at least 4 members (excludes halogenated alkanes) is 1. The van der Waals surface area contributed by atoms with E-state index in [1.54, 1.807) is 26.1 Å². The zero-order valence-electron chi connectivity index (χ0n) is 27.1. The topological polar surface area (TPSA) is 136 Å². The third kappa shape index (κ3) is 7.65. The van der Waals surface area contributed by atoms with E-state index in [4.69, 9.17) is 35.3 Å². The number of nitrogens with zero attached hydrogens (tertiary/aromatic N) is 1. The van der Waals surface area contributed by atoms with Gasteiger partial charge in [-0.2, -0.15) is 0 Å². The molecule has 2 fully saturated rings. The average Bonchev–Trinajstić information content (AvgIpc) is 3.69. The van der Waals surface area contributed by atoms with E-state index in [9.17, 15) is 19.5 Å². The highest BCUT2D eigenvalue weighted by Crippen LogP contribution is 2.49. The Bertz CT molecular complexity index is 1350. The summed E-state index contributed by atoms with van der Waals surface area (Å²) in [5.74, 6) is -0.790. The summed E-state index contributed by atoms with van der Waals surface area (Å²) in [5.41, 5.74) is -0.559. The van der Waals surface area contributed by atoms with Gasteiger partial charge in [-0.15, -0.1) is 0 Å². The van der Waals surface area contributed by atoms with Crippen LogP contribution in [0.15, 0.2) is 35.9 Å². The molecule has 11 nitrogen and oxygen atoms in total. The first-order valence-corrected chi connectivity index (χ1v) is 15.7. The molecular weight excluding hydrogens is 604 g/mol. The molecule has 1 aromatic rings. The Morgan fingerprint density at radius 1 is 1.27 bits per heavy atom. The van der Waals surface area contributed by atoms with Crippen LogP contribution < -0.4 is 15.0 Å². The van der Waals surface area contributed by atoms with Crippen LogP contribution >= 0.6 is 11.6 Å². The molecule has 2 saturated heterocycles.